The van der Waals surface area contributed by atoms with Crippen molar-refractivity contribution in [3.8, 4) is 11.5 Å². The van der Waals surface area contributed by atoms with Crippen LogP contribution in [0.4, 0.5) is 0 Å². The van der Waals surface area contributed by atoms with E-state index in [1.807, 2.05) is 43.5 Å². The quantitative estimate of drug-likeness (QED) is 0.451. The van der Waals surface area contributed by atoms with Crippen molar-refractivity contribution in [1.29, 1.82) is 0 Å². The predicted molar refractivity (Wildman–Crippen MR) is 133 cm³/mol. The lowest BCUT2D eigenvalue weighted by Crippen LogP contribution is -2.28. The summed E-state index contributed by atoms with van der Waals surface area (Å²) in [6.07, 6.45) is 8.71. The Kier molecular flexibility index (Phi) is 6.96. The summed E-state index contributed by atoms with van der Waals surface area (Å²) in [6.45, 7) is 4.27. The zero-order valence-electron chi connectivity index (χ0n) is 19.6. The Balaban J connectivity index is 1.24. The highest BCUT2D eigenvalue weighted by Gasteiger charge is 2.13. The Morgan fingerprint density at radius 2 is 1.50 bits per heavy atom. The normalized spacial score (nSPS) is 14.3. The van der Waals surface area contributed by atoms with Crippen molar-refractivity contribution in [2.75, 3.05) is 13.1 Å². The molecule has 0 radical (unpaired) electrons. The van der Waals surface area contributed by atoms with Crippen molar-refractivity contribution in [3.05, 3.63) is 101 Å². The predicted octanol–water partition coefficient (Wildman–Crippen LogP) is 4.36. The average molecular weight is 451 g/mol. The summed E-state index contributed by atoms with van der Waals surface area (Å²) in [4.78, 5) is 23.0. The van der Waals surface area contributed by atoms with E-state index in [9.17, 15) is 0 Å². The van der Waals surface area contributed by atoms with E-state index in [1.54, 1.807) is 6.20 Å². The number of aryl methyl sites for hydroxylation is 1. The zero-order valence-corrected chi connectivity index (χ0v) is 19.6. The molecule has 0 amide bonds. The molecule has 0 bridgehead atoms. The molecule has 172 valence electrons. The minimum atomic E-state index is 0.631. The topological polar surface area (TPSA) is 76.5 Å². The third-order valence-electron chi connectivity index (χ3n) is 6.32. The molecule has 1 fully saturated rings. The number of pyridine rings is 1. The molecule has 0 spiro atoms. The molecule has 6 nitrogen and oxygen atoms in total. The van der Waals surface area contributed by atoms with Gasteiger partial charge in [-0.15, -0.1) is 0 Å². The molecule has 0 saturated carbocycles. The van der Waals surface area contributed by atoms with Gasteiger partial charge in [-0.3, -0.25) is 0 Å². The monoisotopic (exact) mass is 450 g/mol. The van der Waals surface area contributed by atoms with Crippen LogP contribution in [-0.2, 0) is 19.3 Å². The van der Waals surface area contributed by atoms with Gasteiger partial charge in [-0.1, -0.05) is 30.3 Å². The Bertz CT molecular complexity index is 1230. The maximum absolute atomic E-state index is 4.80. The van der Waals surface area contributed by atoms with E-state index in [0.29, 0.717) is 12.2 Å². The highest BCUT2D eigenvalue weighted by Crippen LogP contribution is 2.19. The van der Waals surface area contributed by atoms with Crippen LogP contribution in [-0.4, -0.2) is 38.0 Å². The van der Waals surface area contributed by atoms with Crippen LogP contribution < -0.4 is 5.32 Å². The van der Waals surface area contributed by atoms with E-state index < -0.39 is 0 Å². The average Bonchev–Trinajstić information content (AvgIpc) is 2.86. The molecule has 4 heterocycles. The second-order valence-electron chi connectivity index (χ2n) is 9.07. The SMILES string of the molecule is Cc1cccc(-c2nccc(Cc3ccnc(Cc4ccc(CC5CCNCC5)cc4)n3)n2)n1. The molecule has 6 heteroatoms. The van der Waals surface area contributed by atoms with Crippen molar-refractivity contribution < 1.29 is 0 Å². The van der Waals surface area contributed by atoms with Crippen LogP contribution in [0.2, 0.25) is 0 Å². The van der Waals surface area contributed by atoms with Crippen LogP contribution in [0.25, 0.3) is 11.5 Å². The van der Waals surface area contributed by atoms with Gasteiger partial charge in [-0.2, -0.15) is 0 Å². The smallest absolute Gasteiger partial charge is 0.178 e. The number of rotatable bonds is 7. The van der Waals surface area contributed by atoms with Gasteiger partial charge >= 0.3 is 0 Å². The summed E-state index contributed by atoms with van der Waals surface area (Å²) in [6, 6.07) is 18.7. The number of benzene rings is 1. The first kappa shape index (κ1) is 22.3. The van der Waals surface area contributed by atoms with E-state index in [-0.39, 0.29) is 0 Å². The lowest BCUT2D eigenvalue weighted by atomic mass is 9.90. The molecule has 3 aromatic heterocycles. The Hall–Kier alpha value is -3.51. The number of hydrogen-bond acceptors (Lipinski definition) is 6. The minimum absolute atomic E-state index is 0.631. The van der Waals surface area contributed by atoms with Gasteiger partial charge in [0.15, 0.2) is 5.82 Å². The molecule has 1 aromatic carbocycles. The fourth-order valence-electron chi connectivity index (χ4n) is 4.49. The fourth-order valence-corrected chi connectivity index (χ4v) is 4.49. The van der Waals surface area contributed by atoms with Crippen molar-refractivity contribution >= 4 is 0 Å². The van der Waals surface area contributed by atoms with Gasteiger partial charge in [0.1, 0.15) is 11.5 Å². The summed E-state index contributed by atoms with van der Waals surface area (Å²) in [7, 11) is 0. The van der Waals surface area contributed by atoms with Crippen LogP contribution in [0.5, 0.6) is 0 Å². The number of piperidine rings is 1. The summed E-state index contributed by atoms with van der Waals surface area (Å²) in [5, 5.41) is 3.45. The molecular weight excluding hydrogens is 420 g/mol. The molecule has 4 aromatic rings. The lowest BCUT2D eigenvalue weighted by molar-refractivity contribution is 0.372. The summed E-state index contributed by atoms with van der Waals surface area (Å²) >= 11 is 0. The molecule has 0 unspecified atom stereocenters. The molecule has 1 aliphatic heterocycles. The van der Waals surface area contributed by atoms with Crippen LogP contribution in [0.15, 0.2) is 67.0 Å². The molecular formula is C28H30N6. The van der Waals surface area contributed by atoms with Crippen LogP contribution in [0, 0.1) is 12.8 Å². The summed E-state index contributed by atoms with van der Waals surface area (Å²) in [5.41, 5.74) is 6.27. The Morgan fingerprint density at radius 1 is 0.765 bits per heavy atom. The molecule has 1 aliphatic rings. The molecule has 5 rings (SSSR count). The first-order valence-corrected chi connectivity index (χ1v) is 12.1. The highest BCUT2D eigenvalue weighted by atomic mass is 14.9. The standard InChI is InChI=1S/C28H30N6/c1-20-3-2-4-26(32-20)28-31-16-12-25(34-28)19-24-11-15-30-27(33-24)18-22-7-5-21(6-8-22)17-23-9-13-29-14-10-23/h2-8,11-12,15-16,23,29H,9-10,13-14,17-19H2,1H3. The van der Waals surface area contributed by atoms with Gasteiger partial charge in [0.25, 0.3) is 0 Å². The van der Waals surface area contributed by atoms with E-state index in [4.69, 9.17) is 9.97 Å². The Morgan fingerprint density at radius 3 is 2.29 bits per heavy atom. The second kappa shape index (κ2) is 10.6. The van der Waals surface area contributed by atoms with Gasteiger partial charge < -0.3 is 5.32 Å². The summed E-state index contributed by atoms with van der Waals surface area (Å²) < 4.78 is 0. The van der Waals surface area contributed by atoms with Crippen LogP contribution in [0.1, 0.15) is 46.9 Å². The molecule has 0 atom stereocenters. The van der Waals surface area contributed by atoms with Crippen molar-refractivity contribution in [2.45, 2.75) is 39.0 Å². The van der Waals surface area contributed by atoms with Gasteiger partial charge in [0, 0.05) is 30.9 Å². The zero-order chi connectivity index (χ0) is 23.2. The summed E-state index contributed by atoms with van der Waals surface area (Å²) in [5.74, 6) is 2.27. The van der Waals surface area contributed by atoms with Crippen LogP contribution >= 0.6 is 0 Å². The molecule has 1 N–H and O–H groups in total. The van der Waals surface area contributed by atoms with Crippen molar-refractivity contribution in [3.63, 3.8) is 0 Å². The van der Waals surface area contributed by atoms with E-state index >= 15 is 0 Å². The van der Waals surface area contributed by atoms with Crippen molar-refractivity contribution in [1.82, 2.24) is 30.2 Å². The van der Waals surface area contributed by atoms with E-state index in [1.165, 1.54) is 30.4 Å². The lowest BCUT2D eigenvalue weighted by Gasteiger charge is -2.22. The minimum Gasteiger partial charge on any atom is -0.317 e. The second-order valence-corrected chi connectivity index (χ2v) is 9.07. The van der Waals surface area contributed by atoms with Crippen molar-refractivity contribution in [2.24, 2.45) is 5.92 Å². The van der Waals surface area contributed by atoms with Gasteiger partial charge in [0.05, 0.1) is 11.4 Å². The first-order valence-electron chi connectivity index (χ1n) is 12.1. The van der Waals surface area contributed by atoms with Gasteiger partial charge in [-0.25, -0.2) is 24.9 Å². The largest absolute Gasteiger partial charge is 0.317 e. The molecule has 0 aliphatic carbocycles. The van der Waals surface area contributed by atoms with Crippen LogP contribution in [0.3, 0.4) is 0 Å². The third-order valence-corrected chi connectivity index (χ3v) is 6.32. The van der Waals surface area contributed by atoms with E-state index in [2.05, 4.69) is 44.5 Å². The number of nitrogens with zero attached hydrogens (tertiary/aromatic N) is 5. The van der Waals surface area contributed by atoms with Gasteiger partial charge in [-0.05, 0) is 80.6 Å². The maximum Gasteiger partial charge on any atom is 0.178 e. The highest BCUT2D eigenvalue weighted by molar-refractivity contribution is 5.49. The molecule has 34 heavy (non-hydrogen) atoms. The number of aromatic nitrogens is 5. The van der Waals surface area contributed by atoms with Gasteiger partial charge in [0.2, 0.25) is 0 Å². The fraction of sp³-hybridized carbons (Fsp3) is 0.321. The third kappa shape index (κ3) is 5.88. The first-order chi connectivity index (χ1) is 16.7. The Labute approximate surface area is 201 Å². The number of hydrogen-bond donors (Lipinski definition) is 1. The van der Waals surface area contributed by atoms with E-state index in [0.717, 1.165) is 54.0 Å². The maximum atomic E-state index is 4.80. The molecule has 1 saturated heterocycles. The number of nitrogens with one attached hydrogen (secondary N) is 1.